The lowest BCUT2D eigenvalue weighted by molar-refractivity contribution is 0.138. The molecule has 3 nitrogen and oxygen atoms in total. The Balaban J connectivity index is 0.00000161. The van der Waals surface area contributed by atoms with E-state index in [9.17, 15) is 0 Å². The van der Waals surface area contributed by atoms with Crippen LogP contribution in [0, 0.1) is 5.92 Å². The molecule has 2 heterocycles. The highest BCUT2D eigenvalue weighted by Crippen LogP contribution is 2.32. The number of benzene rings is 1. The minimum Gasteiger partial charge on any atom is -0.489 e. The molecule has 1 N–H and O–H groups in total. The first-order valence-corrected chi connectivity index (χ1v) is 8.02. The Kier molecular flexibility index (Phi) is 6.45. The van der Waals surface area contributed by atoms with E-state index in [1.165, 1.54) is 25.9 Å². The second-order valence-electron chi connectivity index (χ2n) is 5.60. The van der Waals surface area contributed by atoms with E-state index < -0.39 is 0 Å². The normalized spacial score (nSPS) is 25.2. The van der Waals surface area contributed by atoms with Crippen LogP contribution in [0.1, 0.15) is 12.8 Å². The van der Waals surface area contributed by atoms with Crippen molar-refractivity contribution in [1.82, 2.24) is 10.2 Å². The molecule has 0 bridgehead atoms. The molecule has 2 unspecified atom stereocenters. The minimum absolute atomic E-state index is 0. The van der Waals surface area contributed by atoms with Crippen LogP contribution in [0.25, 0.3) is 0 Å². The number of para-hydroxylation sites is 1. The molecule has 1 aromatic rings. The predicted octanol–water partition coefficient (Wildman–Crippen LogP) is 3.48. The summed E-state index contributed by atoms with van der Waals surface area (Å²) in [4.78, 5) is 2.49. The van der Waals surface area contributed by atoms with Gasteiger partial charge in [0.25, 0.3) is 0 Å². The number of fused-ring (bicyclic) bond motifs is 1. The van der Waals surface area contributed by atoms with Gasteiger partial charge in [0.15, 0.2) is 5.75 Å². The number of nitrogens with zero attached hydrogens (tertiary/aromatic N) is 1. The maximum Gasteiger partial charge on any atom is 0.156 e. The van der Waals surface area contributed by atoms with E-state index in [1.807, 2.05) is 6.07 Å². The molecule has 6 heteroatoms. The maximum absolute atomic E-state index is 6.09. The second-order valence-corrected chi connectivity index (χ2v) is 6.41. The molecule has 118 valence electrons. The lowest BCUT2D eigenvalue weighted by Crippen LogP contribution is -2.45. The summed E-state index contributed by atoms with van der Waals surface area (Å²) >= 11 is 12.2. The van der Waals surface area contributed by atoms with Gasteiger partial charge in [-0.25, -0.2) is 0 Å². The molecule has 0 aliphatic carbocycles. The zero-order valence-corrected chi connectivity index (χ0v) is 14.2. The Hall–Kier alpha value is -0.190. The van der Waals surface area contributed by atoms with Gasteiger partial charge in [0.05, 0.1) is 10.0 Å². The molecule has 2 saturated heterocycles. The van der Waals surface area contributed by atoms with Crippen molar-refractivity contribution in [1.29, 1.82) is 0 Å². The smallest absolute Gasteiger partial charge is 0.156 e. The molecule has 2 aliphatic heterocycles. The van der Waals surface area contributed by atoms with Crippen LogP contribution < -0.4 is 10.1 Å². The molecule has 0 aromatic heterocycles. The Bertz CT molecular complexity index is 452. The van der Waals surface area contributed by atoms with E-state index >= 15 is 0 Å². The van der Waals surface area contributed by atoms with Crippen LogP contribution in [0.4, 0.5) is 0 Å². The van der Waals surface area contributed by atoms with Gasteiger partial charge in [-0.15, -0.1) is 12.4 Å². The van der Waals surface area contributed by atoms with E-state index in [1.54, 1.807) is 12.1 Å². The standard InChI is InChI=1S/C15H20Cl2N2O.ClH/c16-12-2-1-3-13(17)15(12)20-9-8-19-7-5-14-11(10-19)4-6-18-14;/h1-3,11,14,18H,4-10H2;1H. The Morgan fingerprint density at radius 1 is 1.24 bits per heavy atom. The summed E-state index contributed by atoms with van der Waals surface area (Å²) in [6, 6.07) is 6.18. The van der Waals surface area contributed by atoms with E-state index in [2.05, 4.69) is 10.2 Å². The lowest BCUT2D eigenvalue weighted by Gasteiger charge is -2.34. The highest BCUT2D eigenvalue weighted by atomic mass is 35.5. The number of piperidine rings is 1. The highest BCUT2D eigenvalue weighted by Gasteiger charge is 2.32. The van der Waals surface area contributed by atoms with Crippen LogP contribution in [0.15, 0.2) is 18.2 Å². The molecule has 1 aromatic carbocycles. The molecule has 2 aliphatic rings. The van der Waals surface area contributed by atoms with Gasteiger partial charge >= 0.3 is 0 Å². The first-order valence-electron chi connectivity index (χ1n) is 7.26. The Labute approximate surface area is 142 Å². The van der Waals surface area contributed by atoms with E-state index in [-0.39, 0.29) is 12.4 Å². The van der Waals surface area contributed by atoms with Gasteiger partial charge < -0.3 is 10.1 Å². The van der Waals surface area contributed by atoms with E-state index in [0.717, 1.165) is 25.0 Å². The summed E-state index contributed by atoms with van der Waals surface area (Å²) in [7, 11) is 0. The monoisotopic (exact) mass is 350 g/mol. The van der Waals surface area contributed by atoms with Gasteiger partial charge in [-0.2, -0.15) is 0 Å². The first kappa shape index (κ1) is 17.2. The zero-order valence-electron chi connectivity index (χ0n) is 11.9. The summed E-state index contributed by atoms with van der Waals surface area (Å²) in [5.74, 6) is 1.42. The van der Waals surface area contributed by atoms with Gasteiger partial charge in [0.2, 0.25) is 0 Å². The average molecular weight is 352 g/mol. The minimum atomic E-state index is 0. The molecule has 21 heavy (non-hydrogen) atoms. The third-order valence-electron chi connectivity index (χ3n) is 4.31. The van der Waals surface area contributed by atoms with Crippen LogP contribution in [-0.2, 0) is 0 Å². The SMILES string of the molecule is Cl.Clc1cccc(Cl)c1OCCN1CCC2NCCC2C1. The number of ether oxygens (including phenoxy) is 1. The van der Waals surface area contributed by atoms with Crippen LogP contribution in [0.5, 0.6) is 5.75 Å². The number of hydrogen-bond donors (Lipinski definition) is 1. The van der Waals surface area contributed by atoms with Crippen LogP contribution in [0.2, 0.25) is 10.0 Å². The number of hydrogen-bond acceptors (Lipinski definition) is 3. The lowest BCUT2D eigenvalue weighted by atomic mass is 9.93. The summed E-state index contributed by atoms with van der Waals surface area (Å²) in [6.07, 6.45) is 2.55. The summed E-state index contributed by atoms with van der Waals surface area (Å²) in [5.41, 5.74) is 0. The second kappa shape index (κ2) is 7.89. The molecule has 0 saturated carbocycles. The van der Waals surface area contributed by atoms with Crippen LogP contribution in [0.3, 0.4) is 0 Å². The topological polar surface area (TPSA) is 24.5 Å². The van der Waals surface area contributed by atoms with Crippen molar-refractivity contribution in [2.75, 3.05) is 32.8 Å². The summed E-state index contributed by atoms with van der Waals surface area (Å²) in [5, 5.41) is 4.74. The van der Waals surface area contributed by atoms with Crippen molar-refractivity contribution in [2.45, 2.75) is 18.9 Å². The fraction of sp³-hybridized carbons (Fsp3) is 0.600. The number of likely N-dealkylation sites (tertiary alicyclic amines) is 1. The molecule has 2 fully saturated rings. The van der Waals surface area contributed by atoms with Gasteiger partial charge in [0, 0.05) is 19.1 Å². The van der Waals surface area contributed by atoms with Gasteiger partial charge in [-0.05, 0) is 44.0 Å². The molecule has 3 rings (SSSR count). The molecule has 0 amide bonds. The Morgan fingerprint density at radius 3 is 2.76 bits per heavy atom. The summed E-state index contributed by atoms with van der Waals surface area (Å²) in [6.45, 7) is 5.07. The number of nitrogens with one attached hydrogen (secondary N) is 1. The number of halogens is 3. The fourth-order valence-electron chi connectivity index (χ4n) is 3.22. The van der Waals surface area contributed by atoms with Crippen molar-refractivity contribution < 1.29 is 4.74 Å². The van der Waals surface area contributed by atoms with Crippen molar-refractivity contribution in [2.24, 2.45) is 5.92 Å². The van der Waals surface area contributed by atoms with Crippen molar-refractivity contribution in [3.05, 3.63) is 28.2 Å². The first-order chi connectivity index (χ1) is 9.74. The summed E-state index contributed by atoms with van der Waals surface area (Å²) < 4.78 is 5.76. The van der Waals surface area contributed by atoms with Crippen molar-refractivity contribution in [3.8, 4) is 5.75 Å². The quantitative estimate of drug-likeness (QED) is 0.899. The number of rotatable bonds is 4. The van der Waals surface area contributed by atoms with Crippen molar-refractivity contribution in [3.63, 3.8) is 0 Å². The molecule has 0 radical (unpaired) electrons. The molecule has 2 atom stereocenters. The van der Waals surface area contributed by atoms with Crippen molar-refractivity contribution >= 4 is 35.6 Å². The zero-order chi connectivity index (χ0) is 13.9. The van der Waals surface area contributed by atoms with Gasteiger partial charge in [-0.1, -0.05) is 29.3 Å². The fourth-order valence-corrected chi connectivity index (χ4v) is 3.73. The third kappa shape index (κ3) is 4.17. The van der Waals surface area contributed by atoms with Gasteiger partial charge in [-0.3, -0.25) is 4.90 Å². The van der Waals surface area contributed by atoms with Crippen LogP contribution >= 0.6 is 35.6 Å². The van der Waals surface area contributed by atoms with Gasteiger partial charge in [0.1, 0.15) is 6.61 Å². The largest absolute Gasteiger partial charge is 0.489 e. The van der Waals surface area contributed by atoms with E-state index in [0.29, 0.717) is 22.4 Å². The maximum atomic E-state index is 6.09. The average Bonchev–Trinajstić information content (AvgIpc) is 2.89. The molecular weight excluding hydrogens is 331 g/mol. The third-order valence-corrected chi connectivity index (χ3v) is 4.91. The van der Waals surface area contributed by atoms with E-state index in [4.69, 9.17) is 27.9 Å². The highest BCUT2D eigenvalue weighted by molar-refractivity contribution is 6.37. The molecule has 0 spiro atoms. The molecular formula is C15H21Cl3N2O. The van der Waals surface area contributed by atoms with Crippen LogP contribution in [-0.4, -0.2) is 43.7 Å². The predicted molar refractivity (Wildman–Crippen MR) is 90.2 cm³/mol. The Morgan fingerprint density at radius 2 is 2.00 bits per heavy atom.